The van der Waals surface area contributed by atoms with E-state index in [2.05, 4.69) is 5.32 Å². The van der Waals surface area contributed by atoms with Crippen molar-refractivity contribution in [3.8, 4) is 0 Å². The van der Waals surface area contributed by atoms with Gasteiger partial charge in [-0.05, 0) is 24.1 Å². The van der Waals surface area contributed by atoms with Gasteiger partial charge >= 0.3 is 0 Å². The van der Waals surface area contributed by atoms with E-state index in [0.717, 1.165) is 35.2 Å². The number of carbonyl (C=O) groups is 1. The van der Waals surface area contributed by atoms with Gasteiger partial charge in [-0.3, -0.25) is 4.79 Å². The maximum Gasteiger partial charge on any atom is 0.251 e. The van der Waals surface area contributed by atoms with Gasteiger partial charge in [0.15, 0.2) is 0 Å². The Balaban J connectivity index is 2.63. The lowest BCUT2D eigenvalue weighted by Gasteiger charge is -2.19. The normalized spacial score (nSPS) is 14.9. The first-order chi connectivity index (χ1) is 6.20. The number of hydrogen-bond donors (Lipinski definition) is 2. The van der Waals surface area contributed by atoms with E-state index in [-0.39, 0.29) is 5.91 Å². The standard InChI is InChI=1S/C9H11BN2O/c10-8-5-3-4-12-9(13)6(5)1-2-7(8)11/h1-2H,3-4,10-11H2,(H,12,13). The minimum absolute atomic E-state index is 0.0179. The van der Waals surface area contributed by atoms with Crippen LogP contribution in [0.3, 0.4) is 0 Å². The minimum Gasteiger partial charge on any atom is -0.399 e. The second-order valence-electron chi connectivity index (χ2n) is 3.31. The van der Waals surface area contributed by atoms with E-state index in [4.69, 9.17) is 5.73 Å². The van der Waals surface area contributed by atoms with E-state index in [0.29, 0.717) is 0 Å². The summed E-state index contributed by atoms with van der Waals surface area (Å²) in [5.41, 5.74) is 9.45. The molecular formula is C9H11BN2O. The SMILES string of the molecule is Bc1c(N)ccc2c1CCNC2=O. The number of carbonyl (C=O) groups excluding carboxylic acids is 1. The lowest BCUT2D eigenvalue weighted by atomic mass is 9.83. The molecule has 0 aliphatic carbocycles. The van der Waals surface area contributed by atoms with E-state index < -0.39 is 0 Å². The summed E-state index contributed by atoms with van der Waals surface area (Å²) in [5, 5.41) is 2.81. The number of nitrogen functional groups attached to an aromatic ring is 1. The summed E-state index contributed by atoms with van der Waals surface area (Å²) in [4.78, 5) is 11.4. The Hall–Kier alpha value is -1.45. The Labute approximate surface area is 77.7 Å². The van der Waals surface area contributed by atoms with Crippen LogP contribution in [0.15, 0.2) is 12.1 Å². The Bertz CT molecular complexity index is 376. The van der Waals surface area contributed by atoms with Gasteiger partial charge in [0.05, 0.1) is 0 Å². The number of rotatable bonds is 0. The highest BCUT2D eigenvalue weighted by molar-refractivity contribution is 6.37. The quantitative estimate of drug-likeness (QED) is 0.384. The molecule has 1 aromatic rings. The first-order valence-electron chi connectivity index (χ1n) is 4.36. The summed E-state index contributed by atoms with van der Waals surface area (Å²) < 4.78 is 0. The van der Waals surface area contributed by atoms with Gasteiger partial charge < -0.3 is 11.1 Å². The number of anilines is 1. The highest BCUT2D eigenvalue weighted by Crippen LogP contribution is 2.13. The van der Waals surface area contributed by atoms with E-state index >= 15 is 0 Å². The van der Waals surface area contributed by atoms with E-state index in [1.165, 1.54) is 0 Å². The summed E-state index contributed by atoms with van der Waals surface area (Å²) >= 11 is 0. The molecule has 0 unspecified atom stereocenters. The second-order valence-corrected chi connectivity index (χ2v) is 3.31. The Kier molecular flexibility index (Phi) is 1.76. The molecule has 0 bridgehead atoms. The van der Waals surface area contributed by atoms with E-state index in [1.807, 2.05) is 7.85 Å². The molecule has 0 atom stereocenters. The third kappa shape index (κ3) is 1.18. The molecule has 1 aromatic carbocycles. The summed E-state index contributed by atoms with van der Waals surface area (Å²) in [7, 11) is 1.97. The average molecular weight is 174 g/mol. The number of hydrogen-bond acceptors (Lipinski definition) is 2. The molecule has 4 heteroatoms. The molecule has 1 heterocycles. The Morgan fingerprint density at radius 2 is 2.23 bits per heavy atom. The van der Waals surface area contributed by atoms with Gasteiger partial charge in [-0.2, -0.15) is 0 Å². The van der Waals surface area contributed by atoms with Crippen molar-refractivity contribution in [2.45, 2.75) is 6.42 Å². The first-order valence-corrected chi connectivity index (χ1v) is 4.36. The summed E-state index contributed by atoms with van der Waals surface area (Å²) in [6.07, 6.45) is 0.887. The zero-order valence-corrected chi connectivity index (χ0v) is 7.55. The van der Waals surface area contributed by atoms with Crippen molar-refractivity contribution in [1.29, 1.82) is 0 Å². The van der Waals surface area contributed by atoms with Crippen LogP contribution in [0.2, 0.25) is 0 Å². The molecule has 3 nitrogen and oxygen atoms in total. The van der Waals surface area contributed by atoms with Crippen LogP contribution in [0.25, 0.3) is 0 Å². The van der Waals surface area contributed by atoms with Gasteiger partial charge in [-0.25, -0.2) is 0 Å². The molecule has 2 rings (SSSR count). The van der Waals surface area contributed by atoms with Crippen molar-refractivity contribution in [2.75, 3.05) is 12.3 Å². The van der Waals surface area contributed by atoms with Crippen LogP contribution in [-0.2, 0) is 6.42 Å². The number of fused-ring (bicyclic) bond motifs is 1. The van der Waals surface area contributed by atoms with Gasteiger partial charge in [0.2, 0.25) is 0 Å². The topological polar surface area (TPSA) is 55.1 Å². The van der Waals surface area contributed by atoms with Gasteiger partial charge in [0.25, 0.3) is 5.91 Å². The number of benzene rings is 1. The van der Waals surface area contributed by atoms with Crippen LogP contribution < -0.4 is 16.5 Å². The molecule has 0 fully saturated rings. The molecule has 3 N–H and O–H groups in total. The summed E-state index contributed by atoms with van der Waals surface area (Å²) in [6.45, 7) is 0.718. The molecule has 1 aliphatic rings. The molecule has 13 heavy (non-hydrogen) atoms. The Morgan fingerprint density at radius 3 is 3.00 bits per heavy atom. The molecule has 0 spiro atoms. The fourth-order valence-electron chi connectivity index (χ4n) is 1.71. The number of nitrogens with one attached hydrogen (secondary N) is 1. The average Bonchev–Trinajstić information content (AvgIpc) is 2.12. The molecule has 0 saturated carbocycles. The molecule has 66 valence electrons. The minimum atomic E-state index is 0.0179. The van der Waals surface area contributed by atoms with E-state index in [1.54, 1.807) is 12.1 Å². The molecule has 1 aliphatic heterocycles. The van der Waals surface area contributed by atoms with Gasteiger partial charge in [-0.15, -0.1) is 0 Å². The van der Waals surface area contributed by atoms with Crippen LogP contribution in [0.5, 0.6) is 0 Å². The zero-order chi connectivity index (χ0) is 9.42. The fraction of sp³-hybridized carbons (Fsp3) is 0.222. The van der Waals surface area contributed by atoms with Gasteiger partial charge in [0.1, 0.15) is 7.85 Å². The smallest absolute Gasteiger partial charge is 0.251 e. The second kappa shape index (κ2) is 2.80. The van der Waals surface area contributed by atoms with Crippen molar-refractivity contribution >= 4 is 24.9 Å². The van der Waals surface area contributed by atoms with Crippen molar-refractivity contribution in [1.82, 2.24) is 5.32 Å². The van der Waals surface area contributed by atoms with E-state index in [9.17, 15) is 4.79 Å². The van der Waals surface area contributed by atoms with Crippen molar-refractivity contribution < 1.29 is 4.79 Å². The molecular weight excluding hydrogens is 163 g/mol. The van der Waals surface area contributed by atoms with Crippen molar-refractivity contribution in [2.24, 2.45) is 0 Å². The highest BCUT2D eigenvalue weighted by Gasteiger charge is 2.18. The van der Waals surface area contributed by atoms with Crippen LogP contribution in [-0.4, -0.2) is 20.3 Å². The van der Waals surface area contributed by atoms with Gasteiger partial charge in [-0.1, -0.05) is 5.46 Å². The maximum atomic E-state index is 11.4. The third-order valence-electron chi connectivity index (χ3n) is 2.55. The van der Waals surface area contributed by atoms with Crippen LogP contribution >= 0.6 is 0 Å². The fourth-order valence-corrected chi connectivity index (χ4v) is 1.71. The lowest BCUT2D eigenvalue weighted by Crippen LogP contribution is -2.35. The Morgan fingerprint density at radius 1 is 1.46 bits per heavy atom. The maximum absolute atomic E-state index is 11.4. The number of amides is 1. The molecule has 1 amide bonds. The van der Waals surface area contributed by atoms with Crippen molar-refractivity contribution in [3.63, 3.8) is 0 Å². The summed E-state index contributed by atoms with van der Waals surface area (Å²) in [5.74, 6) is 0.0179. The van der Waals surface area contributed by atoms with Crippen molar-refractivity contribution in [3.05, 3.63) is 23.3 Å². The third-order valence-corrected chi connectivity index (χ3v) is 2.55. The lowest BCUT2D eigenvalue weighted by molar-refractivity contribution is 0.0946. The van der Waals surface area contributed by atoms with Gasteiger partial charge in [0, 0.05) is 17.8 Å². The first kappa shape index (κ1) is 8.17. The largest absolute Gasteiger partial charge is 0.399 e. The molecule has 0 aromatic heterocycles. The van der Waals surface area contributed by atoms with Crippen LogP contribution in [0, 0.1) is 0 Å². The zero-order valence-electron chi connectivity index (χ0n) is 7.55. The number of nitrogens with two attached hydrogens (primary N) is 1. The molecule has 0 radical (unpaired) electrons. The monoisotopic (exact) mass is 174 g/mol. The molecule has 0 saturated heterocycles. The predicted octanol–water partition coefficient (Wildman–Crippen LogP) is -1.19. The summed E-state index contributed by atoms with van der Waals surface area (Å²) in [6, 6.07) is 3.59. The van der Waals surface area contributed by atoms with Crippen LogP contribution in [0.1, 0.15) is 15.9 Å². The predicted molar refractivity (Wildman–Crippen MR) is 55.1 cm³/mol. The van der Waals surface area contributed by atoms with Crippen LogP contribution in [0.4, 0.5) is 5.69 Å². The highest BCUT2D eigenvalue weighted by atomic mass is 16.1.